The summed E-state index contributed by atoms with van der Waals surface area (Å²) >= 11 is 0. The van der Waals surface area contributed by atoms with Crippen LogP contribution >= 0.6 is 0 Å². The Hall–Kier alpha value is -0.610. The summed E-state index contributed by atoms with van der Waals surface area (Å²) in [6, 6.07) is -0.119. The minimum atomic E-state index is -0.899. The summed E-state index contributed by atoms with van der Waals surface area (Å²) < 4.78 is 0. The van der Waals surface area contributed by atoms with E-state index in [1.807, 2.05) is 13.8 Å². The van der Waals surface area contributed by atoms with E-state index in [1.54, 1.807) is 0 Å². The highest BCUT2D eigenvalue weighted by Gasteiger charge is 2.11. The predicted molar refractivity (Wildman–Crippen MR) is 41.4 cm³/mol. The molecule has 0 unspecified atom stereocenters. The van der Waals surface area contributed by atoms with Gasteiger partial charge in [-0.1, -0.05) is 13.8 Å². The van der Waals surface area contributed by atoms with Crippen LogP contribution < -0.4 is 5.32 Å². The summed E-state index contributed by atoms with van der Waals surface area (Å²) in [7, 11) is 0. The molecule has 0 saturated heterocycles. The maximum atomic E-state index is 10.1. The molecule has 0 aromatic rings. The average molecular weight is 161 g/mol. The zero-order valence-corrected chi connectivity index (χ0v) is 6.87. The van der Waals surface area contributed by atoms with Crippen LogP contribution in [0.15, 0.2) is 0 Å². The monoisotopic (exact) mass is 161 g/mol. The van der Waals surface area contributed by atoms with Crippen LogP contribution in [0.25, 0.3) is 0 Å². The van der Waals surface area contributed by atoms with Gasteiger partial charge in [-0.2, -0.15) is 0 Å². The Kier molecular flexibility index (Phi) is 4.81. The lowest BCUT2D eigenvalue weighted by molar-refractivity contribution is -0.136. The van der Waals surface area contributed by atoms with Crippen molar-refractivity contribution >= 4 is 5.97 Å². The Balaban J connectivity index is 3.61. The van der Waals surface area contributed by atoms with E-state index in [2.05, 4.69) is 5.32 Å². The number of nitrogens with one attached hydrogen (secondary N) is 1. The molecular formula is C7H15NO3. The van der Waals surface area contributed by atoms with Crippen LogP contribution in [0.3, 0.4) is 0 Å². The Labute approximate surface area is 66.2 Å². The molecule has 66 valence electrons. The third-order valence-electron chi connectivity index (χ3n) is 1.52. The van der Waals surface area contributed by atoms with Gasteiger partial charge < -0.3 is 15.5 Å². The van der Waals surface area contributed by atoms with Crippen molar-refractivity contribution in [3.63, 3.8) is 0 Å². The number of rotatable bonds is 5. The van der Waals surface area contributed by atoms with Crippen molar-refractivity contribution in [2.75, 3.05) is 13.2 Å². The first-order valence-electron chi connectivity index (χ1n) is 3.64. The molecule has 0 fully saturated rings. The highest BCUT2D eigenvalue weighted by molar-refractivity contribution is 5.69. The second-order valence-electron chi connectivity index (χ2n) is 2.81. The molecule has 1 atom stereocenters. The van der Waals surface area contributed by atoms with Gasteiger partial charge in [0.25, 0.3) is 0 Å². The van der Waals surface area contributed by atoms with Crippen LogP contribution in [0, 0.1) is 5.92 Å². The van der Waals surface area contributed by atoms with Gasteiger partial charge in [-0.15, -0.1) is 0 Å². The zero-order valence-electron chi connectivity index (χ0n) is 6.87. The van der Waals surface area contributed by atoms with Gasteiger partial charge in [0.05, 0.1) is 13.2 Å². The van der Waals surface area contributed by atoms with E-state index in [-0.39, 0.29) is 25.1 Å². The number of carboxylic acids is 1. The van der Waals surface area contributed by atoms with E-state index in [9.17, 15) is 4.79 Å². The van der Waals surface area contributed by atoms with E-state index in [0.717, 1.165) is 0 Å². The molecular weight excluding hydrogens is 146 g/mol. The Morgan fingerprint density at radius 3 is 2.36 bits per heavy atom. The quantitative estimate of drug-likeness (QED) is 0.516. The first-order chi connectivity index (χ1) is 5.07. The Bertz CT molecular complexity index is 125. The smallest absolute Gasteiger partial charge is 0.317 e. The largest absolute Gasteiger partial charge is 0.480 e. The van der Waals surface area contributed by atoms with Gasteiger partial charge in [0, 0.05) is 6.04 Å². The van der Waals surface area contributed by atoms with E-state index in [4.69, 9.17) is 10.2 Å². The zero-order chi connectivity index (χ0) is 8.85. The van der Waals surface area contributed by atoms with Crippen molar-refractivity contribution in [1.29, 1.82) is 0 Å². The molecule has 0 aromatic carbocycles. The van der Waals surface area contributed by atoms with Crippen molar-refractivity contribution < 1.29 is 15.0 Å². The molecule has 0 aliphatic carbocycles. The topological polar surface area (TPSA) is 69.6 Å². The van der Waals surface area contributed by atoms with Gasteiger partial charge in [0.15, 0.2) is 0 Å². The molecule has 0 bridgehead atoms. The third kappa shape index (κ3) is 4.75. The van der Waals surface area contributed by atoms with Crippen LogP contribution in [-0.2, 0) is 4.79 Å². The maximum absolute atomic E-state index is 10.1. The van der Waals surface area contributed by atoms with Gasteiger partial charge in [0.2, 0.25) is 0 Å². The summed E-state index contributed by atoms with van der Waals surface area (Å²) in [5.74, 6) is -0.650. The molecule has 0 radical (unpaired) electrons. The lowest BCUT2D eigenvalue weighted by Crippen LogP contribution is -2.39. The highest BCUT2D eigenvalue weighted by atomic mass is 16.4. The third-order valence-corrected chi connectivity index (χ3v) is 1.52. The predicted octanol–water partition coefficient (Wildman–Crippen LogP) is -0.323. The van der Waals surface area contributed by atoms with Gasteiger partial charge >= 0.3 is 5.97 Å². The first-order valence-corrected chi connectivity index (χ1v) is 3.64. The number of hydrogen-bond acceptors (Lipinski definition) is 3. The fourth-order valence-corrected chi connectivity index (χ4v) is 0.729. The molecule has 4 heteroatoms. The maximum Gasteiger partial charge on any atom is 0.317 e. The molecule has 0 aliphatic heterocycles. The summed E-state index contributed by atoms with van der Waals surface area (Å²) in [6.45, 7) is 3.74. The number of hydrogen-bond donors (Lipinski definition) is 3. The standard InChI is InChI=1S/C7H15NO3/c1-5(2)6(4-9)8-3-7(10)11/h5-6,8-9H,3-4H2,1-2H3,(H,10,11)/t6-/m1/s1. The molecule has 4 nitrogen and oxygen atoms in total. The minimum absolute atomic E-state index is 0.0229. The van der Waals surface area contributed by atoms with E-state index >= 15 is 0 Å². The summed E-state index contributed by atoms with van der Waals surface area (Å²) in [6.07, 6.45) is 0. The van der Waals surface area contributed by atoms with Gasteiger partial charge in [-0.05, 0) is 5.92 Å². The second kappa shape index (κ2) is 5.09. The average Bonchev–Trinajstić information content (AvgIpc) is 1.87. The Morgan fingerprint density at radius 1 is 1.55 bits per heavy atom. The van der Waals surface area contributed by atoms with Gasteiger partial charge in [-0.25, -0.2) is 0 Å². The Morgan fingerprint density at radius 2 is 2.09 bits per heavy atom. The number of aliphatic hydroxyl groups is 1. The fraction of sp³-hybridized carbons (Fsp3) is 0.857. The number of carbonyl (C=O) groups is 1. The number of carboxylic acid groups (broad SMARTS) is 1. The lowest BCUT2D eigenvalue weighted by Gasteiger charge is -2.18. The normalized spacial score (nSPS) is 13.5. The van der Waals surface area contributed by atoms with E-state index in [0.29, 0.717) is 0 Å². The minimum Gasteiger partial charge on any atom is -0.480 e. The van der Waals surface area contributed by atoms with Crippen molar-refractivity contribution in [2.45, 2.75) is 19.9 Å². The van der Waals surface area contributed by atoms with E-state index < -0.39 is 5.97 Å². The summed E-state index contributed by atoms with van der Waals surface area (Å²) in [5, 5.41) is 19.8. The molecule has 11 heavy (non-hydrogen) atoms. The molecule has 0 saturated carbocycles. The van der Waals surface area contributed by atoms with E-state index in [1.165, 1.54) is 0 Å². The SMILES string of the molecule is CC(C)[C@@H](CO)NCC(=O)O. The molecule has 3 N–H and O–H groups in total. The molecule has 0 heterocycles. The van der Waals surface area contributed by atoms with Crippen molar-refractivity contribution in [3.8, 4) is 0 Å². The molecule has 0 spiro atoms. The molecule has 0 rings (SSSR count). The molecule has 0 aliphatic rings. The number of aliphatic hydroxyl groups excluding tert-OH is 1. The second-order valence-corrected chi connectivity index (χ2v) is 2.81. The fourth-order valence-electron chi connectivity index (χ4n) is 0.729. The van der Waals surface area contributed by atoms with Crippen LogP contribution in [-0.4, -0.2) is 35.4 Å². The lowest BCUT2D eigenvalue weighted by atomic mass is 10.1. The van der Waals surface area contributed by atoms with Gasteiger partial charge in [0.1, 0.15) is 0 Å². The van der Waals surface area contributed by atoms with Gasteiger partial charge in [-0.3, -0.25) is 4.79 Å². The summed E-state index contributed by atoms with van der Waals surface area (Å²) in [4.78, 5) is 10.1. The van der Waals surface area contributed by atoms with Crippen LogP contribution in [0.5, 0.6) is 0 Å². The van der Waals surface area contributed by atoms with Crippen molar-refractivity contribution in [1.82, 2.24) is 5.32 Å². The van der Waals surface area contributed by atoms with Crippen LogP contribution in [0.1, 0.15) is 13.8 Å². The summed E-state index contributed by atoms with van der Waals surface area (Å²) in [5.41, 5.74) is 0. The molecule has 0 amide bonds. The van der Waals surface area contributed by atoms with Crippen LogP contribution in [0.2, 0.25) is 0 Å². The van der Waals surface area contributed by atoms with Crippen LogP contribution in [0.4, 0.5) is 0 Å². The van der Waals surface area contributed by atoms with Crippen molar-refractivity contribution in [3.05, 3.63) is 0 Å². The number of aliphatic carboxylic acids is 1. The van der Waals surface area contributed by atoms with Crippen molar-refractivity contribution in [2.24, 2.45) is 5.92 Å². The highest BCUT2D eigenvalue weighted by Crippen LogP contribution is 1.98. The first kappa shape index (κ1) is 10.4. The molecule has 0 aromatic heterocycles.